The number of carbonyl (C=O) groups is 2. The molecule has 1 saturated heterocycles. The molecule has 1 aliphatic rings. The molecule has 1 aromatic heterocycles. The summed E-state index contributed by atoms with van der Waals surface area (Å²) in [5, 5.41) is 7.29. The molecule has 1 aliphatic heterocycles. The molecule has 1 N–H and O–H groups in total. The summed E-state index contributed by atoms with van der Waals surface area (Å²) in [5.74, 6) is -0.220. The normalized spacial score (nSPS) is 17.5. The van der Waals surface area contributed by atoms with Gasteiger partial charge < -0.3 is 4.74 Å². The first-order valence-electron chi connectivity index (χ1n) is 9.81. The molecule has 30 heavy (non-hydrogen) atoms. The van der Waals surface area contributed by atoms with Crippen molar-refractivity contribution in [3.63, 3.8) is 0 Å². The van der Waals surface area contributed by atoms with E-state index in [1.165, 1.54) is 0 Å². The van der Waals surface area contributed by atoms with Crippen molar-refractivity contribution in [1.29, 1.82) is 0 Å². The molecule has 4 rings (SSSR count). The van der Waals surface area contributed by atoms with Gasteiger partial charge in [-0.25, -0.2) is 0 Å². The average Bonchev–Trinajstić information content (AvgIpc) is 3.16. The van der Waals surface area contributed by atoms with Crippen LogP contribution in [0.25, 0.3) is 11.1 Å². The van der Waals surface area contributed by atoms with Crippen LogP contribution < -0.4 is 10.1 Å². The van der Waals surface area contributed by atoms with Crippen LogP contribution in [-0.4, -0.2) is 21.6 Å². The molecule has 2 heterocycles. The lowest BCUT2D eigenvalue weighted by molar-refractivity contribution is -0.134. The molecule has 154 valence electrons. The number of imide groups is 1. The third-order valence-electron chi connectivity index (χ3n) is 5.27. The Morgan fingerprint density at radius 1 is 1.17 bits per heavy atom. The number of carbonyl (C=O) groups excluding carboxylic acids is 2. The maximum absolute atomic E-state index is 12.3. The summed E-state index contributed by atoms with van der Waals surface area (Å²) in [6.07, 6.45) is 2.50. The van der Waals surface area contributed by atoms with E-state index in [9.17, 15) is 9.59 Å². The monoisotopic (exact) mass is 423 g/mol. The Balaban J connectivity index is 1.54. The van der Waals surface area contributed by atoms with Crippen LogP contribution in [0.4, 0.5) is 0 Å². The molecule has 0 spiro atoms. The molecule has 2 unspecified atom stereocenters. The van der Waals surface area contributed by atoms with Crippen molar-refractivity contribution in [1.82, 2.24) is 15.1 Å². The van der Waals surface area contributed by atoms with Crippen LogP contribution in [0, 0.1) is 0 Å². The smallest absolute Gasteiger partial charge is 0.234 e. The van der Waals surface area contributed by atoms with Gasteiger partial charge in [0.25, 0.3) is 0 Å². The van der Waals surface area contributed by atoms with Crippen molar-refractivity contribution in [2.45, 2.75) is 31.8 Å². The molecule has 3 aromatic rings. The molecule has 0 aliphatic carbocycles. The quantitative estimate of drug-likeness (QED) is 0.617. The second-order valence-electron chi connectivity index (χ2n) is 7.41. The van der Waals surface area contributed by atoms with Gasteiger partial charge in [0, 0.05) is 25.2 Å². The predicted molar refractivity (Wildman–Crippen MR) is 114 cm³/mol. The fourth-order valence-corrected chi connectivity index (χ4v) is 4.03. The van der Waals surface area contributed by atoms with Crippen LogP contribution in [0.5, 0.6) is 5.75 Å². The van der Waals surface area contributed by atoms with Gasteiger partial charge in [-0.1, -0.05) is 41.9 Å². The maximum atomic E-state index is 12.3. The molecule has 0 saturated carbocycles. The fourth-order valence-electron chi connectivity index (χ4n) is 3.66. The van der Waals surface area contributed by atoms with Gasteiger partial charge in [0.15, 0.2) is 0 Å². The summed E-state index contributed by atoms with van der Waals surface area (Å²) in [7, 11) is 1.87. The molecule has 0 bridgehead atoms. The van der Waals surface area contributed by atoms with E-state index in [0.29, 0.717) is 17.9 Å². The largest absolute Gasteiger partial charge is 0.484 e. The van der Waals surface area contributed by atoms with Gasteiger partial charge in [-0.05, 0) is 42.7 Å². The number of nitrogens with one attached hydrogen (secondary N) is 1. The highest BCUT2D eigenvalue weighted by Gasteiger charge is 2.30. The Bertz CT molecular complexity index is 1090. The number of nitrogens with zero attached hydrogens (tertiary/aromatic N) is 2. The van der Waals surface area contributed by atoms with Crippen molar-refractivity contribution < 1.29 is 14.3 Å². The van der Waals surface area contributed by atoms with Crippen LogP contribution in [0.15, 0.2) is 54.7 Å². The van der Waals surface area contributed by atoms with Gasteiger partial charge in [0.1, 0.15) is 17.5 Å². The standard InChI is InChI=1S/C23H22ClN3O3/c1-14(20-12-13-27(2)26-20)30-16-8-6-15(7-9-16)17-4-3-5-18(22(17)24)19-10-11-21(28)25-23(19)29/h3-9,12-14,19H,10-11H2,1-2H3,(H,25,28,29). The third kappa shape index (κ3) is 4.09. The number of rotatable bonds is 5. The summed E-state index contributed by atoms with van der Waals surface area (Å²) in [5.41, 5.74) is 3.36. The highest BCUT2D eigenvalue weighted by atomic mass is 35.5. The van der Waals surface area contributed by atoms with Crippen molar-refractivity contribution in [2.24, 2.45) is 7.05 Å². The van der Waals surface area contributed by atoms with Crippen LogP contribution >= 0.6 is 11.6 Å². The summed E-state index contributed by atoms with van der Waals surface area (Å²) in [6, 6.07) is 15.2. The van der Waals surface area contributed by atoms with E-state index in [4.69, 9.17) is 16.3 Å². The molecule has 6 nitrogen and oxygen atoms in total. The maximum Gasteiger partial charge on any atom is 0.234 e. The van der Waals surface area contributed by atoms with Crippen molar-refractivity contribution in [3.05, 3.63) is 71.0 Å². The number of hydrogen-bond acceptors (Lipinski definition) is 4. The predicted octanol–water partition coefficient (Wildman–Crippen LogP) is 4.40. The van der Waals surface area contributed by atoms with E-state index in [1.807, 2.05) is 68.7 Å². The van der Waals surface area contributed by atoms with E-state index in [2.05, 4.69) is 10.4 Å². The summed E-state index contributed by atoms with van der Waals surface area (Å²) < 4.78 is 7.73. The molecule has 2 amide bonds. The number of ether oxygens (including phenoxy) is 1. The van der Waals surface area contributed by atoms with Crippen LogP contribution in [0.1, 0.15) is 43.0 Å². The molecule has 2 aromatic carbocycles. The number of piperidine rings is 1. The number of aromatic nitrogens is 2. The number of benzene rings is 2. The minimum Gasteiger partial charge on any atom is -0.484 e. The summed E-state index contributed by atoms with van der Waals surface area (Å²) >= 11 is 6.68. The number of halogens is 1. The van der Waals surface area contributed by atoms with Gasteiger partial charge in [-0.2, -0.15) is 5.10 Å². The van der Waals surface area contributed by atoms with Crippen LogP contribution in [0.2, 0.25) is 5.02 Å². The van der Waals surface area contributed by atoms with Crippen molar-refractivity contribution in [3.8, 4) is 16.9 Å². The first-order valence-corrected chi connectivity index (χ1v) is 10.2. The second kappa shape index (κ2) is 8.32. The van der Waals surface area contributed by atoms with E-state index in [0.717, 1.165) is 28.1 Å². The number of hydrogen-bond donors (Lipinski definition) is 1. The van der Waals surface area contributed by atoms with E-state index < -0.39 is 5.92 Å². The molecule has 0 radical (unpaired) electrons. The highest BCUT2D eigenvalue weighted by molar-refractivity contribution is 6.34. The van der Waals surface area contributed by atoms with Gasteiger partial charge in [-0.3, -0.25) is 19.6 Å². The lowest BCUT2D eigenvalue weighted by Gasteiger charge is -2.23. The minimum atomic E-state index is -0.419. The zero-order valence-electron chi connectivity index (χ0n) is 16.8. The molecule has 2 atom stereocenters. The summed E-state index contributed by atoms with van der Waals surface area (Å²) in [4.78, 5) is 23.7. The van der Waals surface area contributed by atoms with Gasteiger partial charge in [0.05, 0.1) is 10.9 Å². The fraction of sp³-hybridized carbons (Fsp3) is 0.261. The van der Waals surface area contributed by atoms with Gasteiger partial charge >= 0.3 is 0 Å². The topological polar surface area (TPSA) is 73.2 Å². The Morgan fingerprint density at radius 3 is 2.60 bits per heavy atom. The van der Waals surface area contributed by atoms with Crippen molar-refractivity contribution >= 4 is 23.4 Å². The van der Waals surface area contributed by atoms with E-state index in [1.54, 1.807) is 4.68 Å². The molecular weight excluding hydrogens is 402 g/mol. The zero-order chi connectivity index (χ0) is 21.3. The van der Waals surface area contributed by atoms with E-state index >= 15 is 0 Å². The Hall–Kier alpha value is -3.12. The minimum absolute atomic E-state index is 0.170. The Morgan fingerprint density at radius 2 is 1.93 bits per heavy atom. The average molecular weight is 424 g/mol. The molecule has 1 fully saturated rings. The number of amides is 2. The first-order chi connectivity index (χ1) is 14.4. The zero-order valence-corrected chi connectivity index (χ0v) is 17.5. The lowest BCUT2D eigenvalue weighted by Crippen LogP contribution is -2.39. The Kier molecular flexibility index (Phi) is 5.59. The van der Waals surface area contributed by atoms with Crippen LogP contribution in [0.3, 0.4) is 0 Å². The first kappa shape index (κ1) is 20.2. The van der Waals surface area contributed by atoms with Gasteiger partial charge in [-0.15, -0.1) is 0 Å². The SMILES string of the molecule is CC(Oc1ccc(-c2cccc(C3CCC(=O)NC3=O)c2Cl)cc1)c1ccn(C)n1. The van der Waals surface area contributed by atoms with Crippen LogP contribution in [-0.2, 0) is 16.6 Å². The third-order valence-corrected chi connectivity index (χ3v) is 5.69. The van der Waals surface area contributed by atoms with Gasteiger partial charge in [0.2, 0.25) is 11.8 Å². The van der Waals surface area contributed by atoms with E-state index in [-0.39, 0.29) is 17.9 Å². The Labute approximate surface area is 179 Å². The molecule has 7 heteroatoms. The lowest BCUT2D eigenvalue weighted by atomic mass is 9.88. The summed E-state index contributed by atoms with van der Waals surface area (Å²) in [6.45, 7) is 1.95. The second-order valence-corrected chi connectivity index (χ2v) is 7.79. The number of aryl methyl sites for hydroxylation is 1. The highest BCUT2D eigenvalue weighted by Crippen LogP contribution is 2.37. The molecular formula is C23H22ClN3O3. The van der Waals surface area contributed by atoms with Crippen molar-refractivity contribution in [2.75, 3.05) is 0 Å².